The summed E-state index contributed by atoms with van der Waals surface area (Å²) in [6, 6.07) is 9.46. The summed E-state index contributed by atoms with van der Waals surface area (Å²) in [5, 5.41) is 10.6. The molecule has 2 atom stereocenters. The van der Waals surface area contributed by atoms with Gasteiger partial charge in [0.2, 0.25) is 0 Å². The van der Waals surface area contributed by atoms with Crippen molar-refractivity contribution in [1.82, 2.24) is 0 Å². The van der Waals surface area contributed by atoms with Gasteiger partial charge in [-0.25, -0.2) is 0 Å². The largest absolute Gasteiger partial charge is 0.383 e. The van der Waals surface area contributed by atoms with E-state index in [0.29, 0.717) is 4.91 Å². The van der Waals surface area contributed by atoms with Crippen molar-refractivity contribution in [2.45, 2.75) is 51.3 Å². The molecular formula is C16H26O2SSi. The number of aliphatic hydroxyl groups is 1. The average molecular weight is 311 g/mol. The van der Waals surface area contributed by atoms with Gasteiger partial charge in [0.15, 0.2) is 0 Å². The van der Waals surface area contributed by atoms with Crippen LogP contribution < -0.4 is 0 Å². The monoisotopic (exact) mass is 310 g/mol. The Bertz CT molecular complexity index is 495. The van der Waals surface area contributed by atoms with Crippen LogP contribution in [0.4, 0.5) is 0 Å². The molecule has 1 aromatic carbocycles. The quantitative estimate of drug-likeness (QED) is 0.853. The number of hydrogen-bond donors (Lipinski definition) is 1. The van der Waals surface area contributed by atoms with E-state index in [1.54, 1.807) is 0 Å². The van der Waals surface area contributed by atoms with E-state index in [0.717, 1.165) is 5.56 Å². The Morgan fingerprint density at radius 1 is 1.20 bits per heavy atom. The van der Waals surface area contributed by atoms with Crippen molar-refractivity contribution in [2.24, 2.45) is 0 Å². The minimum Gasteiger partial charge on any atom is -0.383 e. The van der Waals surface area contributed by atoms with Crippen LogP contribution in [-0.2, 0) is 10.8 Å². The fraction of sp³-hybridized carbons (Fsp3) is 0.500. The first-order valence-corrected chi connectivity index (χ1v) is 11.6. The van der Waals surface area contributed by atoms with Crippen LogP contribution in [0, 0.1) is 0 Å². The van der Waals surface area contributed by atoms with Crippen LogP contribution in [0.15, 0.2) is 40.9 Å². The molecule has 0 amide bonds. The van der Waals surface area contributed by atoms with Crippen LogP contribution in [0.1, 0.15) is 32.4 Å². The van der Waals surface area contributed by atoms with Crippen molar-refractivity contribution in [3.63, 3.8) is 0 Å². The third kappa shape index (κ3) is 5.00. The average Bonchev–Trinajstić information content (AvgIpc) is 2.33. The fourth-order valence-electron chi connectivity index (χ4n) is 1.81. The molecule has 0 fully saturated rings. The summed E-state index contributed by atoms with van der Waals surface area (Å²) in [7, 11) is -2.78. The van der Waals surface area contributed by atoms with Crippen LogP contribution in [0.25, 0.3) is 0 Å². The molecular weight excluding hydrogens is 284 g/mol. The third-order valence-corrected chi connectivity index (χ3v) is 6.00. The highest BCUT2D eigenvalue weighted by atomic mass is 32.2. The van der Waals surface area contributed by atoms with Gasteiger partial charge in [-0.2, -0.15) is 0 Å². The van der Waals surface area contributed by atoms with Crippen LogP contribution in [0.5, 0.6) is 0 Å². The highest BCUT2D eigenvalue weighted by Crippen LogP contribution is 2.31. The van der Waals surface area contributed by atoms with Gasteiger partial charge in [-0.1, -0.05) is 55.7 Å². The molecule has 0 saturated carbocycles. The van der Waals surface area contributed by atoms with Crippen LogP contribution in [-0.4, -0.2) is 22.1 Å². The zero-order chi connectivity index (χ0) is 15.6. The van der Waals surface area contributed by atoms with Crippen molar-refractivity contribution in [1.29, 1.82) is 0 Å². The summed E-state index contributed by atoms with van der Waals surface area (Å²) in [5.74, 6) is 0. The molecule has 112 valence electrons. The molecule has 0 aromatic heterocycles. The Balaban J connectivity index is 3.26. The predicted molar refractivity (Wildman–Crippen MR) is 90.7 cm³/mol. The predicted octanol–water partition coefficient (Wildman–Crippen LogP) is 4.03. The van der Waals surface area contributed by atoms with Gasteiger partial charge in [-0.15, -0.1) is 0 Å². The molecule has 0 saturated heterocycles. The van der Waals surface area contributed by atoms with Gasteiger partial charge in [0.1, 0.15) is 6.10 Å². The standard InChI is InChI=1S/C16H26O2SSi/c1-16(2,3)19(18)14(12-20(4,5)6)15(17)13-10-8-7-9-11-13/h7-12,15,17H,1-6H3/b14-12+/t15-,19?/m1/s1. The first kappa shape index (κ1) is 17.3. The smallest absolute Gasteiger partial charge is 0.112 e. The van der Waals surface area contributed by atoms with Crippen molar-refractivity contribution >= 4 is 18.9 Å². The van der Waals surface area contributed by atoms with Gasteiger partial charge in [-0.3, -0.25) is 4.21 Å². The number of rotatable bonds is 4. The molecule has 20 heavy (non-hydrogen) atoms. The van der Waals surface area contributed by atoms with E-state index in [1.165, 1.54) is 0 Å². The number of hydrogen-bond acceptors (Lipinski definition) is 2. The van der Waals surface area contributed by atoms with Gasteiger partial charge in [0.25, 0.3) is 0 Å². The number of aliphatic hydroxyl groups excluding tert-OH is 1. The summed E-state index contributed by atoms with van der Waals surface area (Å²) < 4.78 is 12.4. The van der Waals surface area contributed by atoms with E-state index in [1.807, 2.05) is 51.1 Å². The van der Waals surface area contributed by atoms with E-state index < -0.39 is 25.0 Å². The van der Waals surface area contributed by atoms with E-state index in [9.17, 15) is 9.32 Å². The lowest BCUT2D eigenvalue weighted by atomic mass is 10.1. The van der Waals surface area contributed by atoms with Gasteiger partial charge in [0, 0.05) is 9.65 Å². The van der Waals surface area contributed by atoms with Gasteiger partial charge >= 0.3 is 0 Å². The molecule has 0 aliphatic heterocycles. The molecule has 0 radical (unpaired) electrons. The maximum absolute atomic E-state index is 12.8. The summed E-state index contributed by atoms with van der Waals surface area (Å²) in [4.78, 5) is 0.655. The minimum atomic E-state index is -1.57. The Morgan fingerprint density at radius 2 is 1.70 bits per heavy atom. The molecule has 1 aromatic rings. The molecule has 0 aliphatic carbocycles. The third-order valence-electron chi connectivity index (χ3n) is 2.73. The van der Waals surface area contributed by atoms with E-state index >= 15 is 0 Å². The second-order valence-corrected chi connectivity index (χ2v) is 14.4. The Labute approximate surface area is 126 Å². The Kier molecular flexibility index (Phi) is 5.52. The first-order valence-electron chi connectivity index (χ1n) is 6.90. The lowest BCUT2D eigenvalue weighted by Gasteiger charge is -2.26. The maximum atomic E-state index is 12.8. The molecule has 2 nitrogen and oxygen atoms in total. The van der Waals surface area contributed by atoms with E-state index in [-0.39, 0.29) is 4.75 Å². The highest BCUT2D eigenvalue weighted by molar-refractivity contribution is 7.90. The minimum absolute atomic E-state index is 0.374. The lowest BCUT2D eigenvalue weighted by molar-refractivity contribution is 0.224. The Morgan fingerprint density at radius 3 is 2.10 bits per heavy atom. The molecule has 0 bridgehead atoms. The molecule has 1 unspecified atom stereocenters. The summed E-state index contributed by atoms with van der Waals surface area (Å²) in [6.45, 7) is 12.4. The fourth-order valence-corrected chi connectivity index (χ4v) is 5.36. The van der Waals surface area contributed by atoms with Gasteiger partial charge < -0.3 is 5.11 Å². The summed E-state index contributed by atoms with van der Waals surface area (Å²) in [6.07, 6.45) is -0.789. The molecule has 1 N–H and O–H groups in total. The van der Waals surface area contributed by atoms with Gasteiger partial charge in [0.05, 0.1) is 18.9 Å². The molecule has 1 rings (SSSR count). The Hall–Kier alpha value is -0.713. The zero-order valence-corrected chi connectivity index (χ0v) is 15.1. The second kappa shape index (κ2) is 6.37. The SMILES string of the molecule is CC(C)(C)S(=O)/C(=C/[Si](C)(C)C)[C@H](O)c1ccccc1. The van der Waals surface area contributed by atoms with Crippen LogP contribution in [0.2, 0.25) is 19.6 Å². The van der Waals surface area contributed by atoms with Crippen molar-refractivity contribution in [2.75, 3.05) is 0 Å². The second-order valence-electron chi connectivity index (χ2n) is 7.11. The topological polar surface area (TPSA) is 37.3 Å². The molecule has 0 aliphatic rings. The summed E-state index contributed by atoms with van der Waals surface area (Å²) in [5.41, 5.74) is 2.88. The maximum Gasteiger partial charge on any atom is 0.112 e. The normalized spacial score (nSPS) is 16.9. The molecule has 4 heteroatoms. The highest BCUT2D eigenvalue weighted by Gasteiger charge is 2.30. The van der Waals surface area contributed by atoms with Crippen LogP contribution in [0.3, 0.4) is 0 Å². The van der Waals surface area contributed by atoms with Crippen molar-refractivity contribution in [3.05, 3.63) is 46.5 Å². The van der Waals surface area contributed by atoms with E-state index in [2.05, 4.69) is 25.3 Å². The van der Waals surface area contributed by atoms with Crippen molar-refractivity contribution in [3.8, 4) is 0 Å². The van der Waals surface area contributed by atoms with E-state index in [4.69, 9.17) is 0 Å². The molecule has 0 heterocycles. The molecule has 0 spiro atoms. The lowest BCUT2D eigenvalue weighted by Crippen LogP contribution is -2.28. The van der Waals surface area contributed by atoms with Crippen LogP contribution >= 0.6 is 0 Å². The van der Waals surface area contributed by atoms with Crippen molar-refractivity contribution < 1.29 is 9.32 Å². The first-order chi connectivity index (χ1) is 9.02. The summed E-state index contributed by atoms with van der Waals surface area (Å²) >= 11 is 0. The van der Waals surface area contributed by atoms with Gasteiger partial charge in [-0.05, 0) is 26.3 Å². The number of benzene rings is 1. The zero-order valence-electron chi connectivity index (χ0n) is 13.3.